The Balaban J connectivity index is 2.49. The highest BCUT2D eigenvalue weighted by atomic mass is 16.2. The summed E-state index contributed by atoms with van der Waals surface area (Å²) in [4.78, 5) is 16.0. The van der Waals surface area contributed by atoms with Crippen molar-refractivity contribution < 1.29 is 4.79 Å². The molecule has 1 atom stereocenters. The van der Waals surface area contributed by atoms with Crippen LogP contribution in [0.2, 0.25) is 0 Å². The Kier molecular flexibility index (Phi) is 6.08. The summed E-state index contributed by atoms with van der Waals surface area (Å²) in [7, 11) is 0. The highest BCUT2D eigenvalue weighted by Gasteiger charge is 2.11. The molecule has 1 aromatic heterocycles. The van der Waals surface area contributed by atoms with Gasteiger partial charge in [-0.1, -0.05) is 19.1 Å². The first-order valence-corrected chi connectivity index (χ1v) is 6.23. The highest BCUT2D eigenvalue weighted by molar-refractivity contribution is 5.81. The fourth-order valence-electron chi connectivity index (χ4n) is 1.62. The van der Waals surface area contributed by atoms with E-state index in [1.807, 2.05) is 13.0 Å². The number of pyridine rings is 1. The van der Waals surface area contributed by atoms with Crippen molar-refractivity contribution in [1.29, 1.82) is 0 Å². The second-order valence-electron chi connectivity index (χ2n) is 4.10. The van der Waals surface area contributed by atoms with E-state index >= 15 is 0 Å². The van der Waals surface area contributed by atoms with E-state index in [1.54, 1.807) is 12.3 Å². The normalized spacial score (nSPS) is 11.9. The van der Waals surface area contributed by atoms with Crippen LogP contribution >= 0.6 is 0 Å². The fraction of sp³-hybridized carbons (Fsp3) is 0.429. The summed E-state index contributed by atoms with van der Waals surface area (Å²) in [6.07, 6.45) is 4.39. The molecule has 0 saturated carbocycles. The second-order valence-corrected chi connectivity index (χ2v) is 4.10. The first-order valence-electron chi connectivity index (χ1n) is 6.23. The summed E-state index contributed by atoms with van der Waals surface area (Å²) in [6.45, 7) is 8.60. The van der Waals surface area contributed by atoms with Gasteiger partial charge in [-0.15, -0.1) is 6.58 Å². The third-order valence-corrected chi connectivity index (χ3v) is 2.76. The third kappa shape index (κ3) is 4.30. The lowest BCUT2D eigenvalue weighted by molar-refractivity contribution is -0.122. The maximum atomic E-state index is 11.6. The van der Waals surface area contributed by atoms with Gasteiger partial charge in [-0.3, -0.25) is 9.78 Å². The van der Waals surface area contributed by atoms with Gasteiger partial charge in [-0.05, 0) is 25.0 Å². The van der Waals surface area contributed by atoms with Crippen molar-refractivity contribution in [2.24, 2.45) is 0 Å². The number of amides is 1. The largest absolute Gasteiger partial charge is 0.351 e. The van der Waals surface area contributed by atoms with Crippen molar-refractivity contribution in [3.63, 3.8) is 0 Å². The Hall–Kier alpha value is -1.68. The van der Waals surface area contributed by atoms with Crippen LogP contribution < -0.4 is 10.6 Å². The minimum Gasteiger partial charge on any atom is -0.351 e. The Morgan fingerprint density at radius 1 is 1.61 bits per heavy atom. The molecular weight excluding hydrogens is 226 g/mol. The van der Waals surface area contributed by atoms with Gasteiger partial charge in [0.15, 0.2) is 0 Å². The van der Waals surface area contributed by atoms with E-state index in [0.29, 0.717) is 13.1 Å². The Morgan fingerprint density at radius 3 is 3.06 bits per heavy atom. The summed E-state index contributed by atoms with van der Waals surface area (Å²) in [6, 6.07) is 3.76. The molecule has 18 heavy (non-hydrogen) atoms. The Labute approximate surface area is 109 Å². The summed E-state index contributed by atoms with van der Waals surface area (Å²) in [5, 5.41) is 5.93. The molecule has 0 radical (unpaired) electrons. The first-order chi connectivity index (χ1) is 8.69. The fourth-order valence-corrected chi connectivity index (χ4v) is 1.62. The molecule has 4 nitrogen and oxygen atoms in total. The van der Waals surface area contributed by atoms with Crippen molar-refractivity contribution >= 4 is 5.91 Å². The summed E-state index contributed by atoms with van der Waals surface area (Å²) < 4.78 is 0. The van der Waals surface area contributed by atoms with Gasteiger partial charge in [0, 0.05) is 19.3 Å². The number of carbonyl (C=O) groups excluding carboxylic acids is 1. The van der Waals surface area contributed by atoms with Crippen LogP contribution in [0.1, 0.15) is 25.1 Å². The quantitative estimate of drug-likeness (QED) is 0.717. The molecule has 1 amide bonds. The molecule has 4 heteroatoms. The third-order valence-electron chi connectivity index (χ3n) is 2.76. The van der Waals surface area contributed by atoms with E-state index in [4.69, 9.17) is 0 Å². The molecule has 0 aliphatic heterocycles. The van der Waals surface area contributed by atoms with Crippen LogP contribution in [0.4, 0.5) is 0 Å². The molecule has 0 fully saturated rings. The average molecular weight is 247 g/mol. The van der Waals surface area contributed by atoms with Gasteiger partial charge in [0.25, 0.3) is 0 Å². The first kappa shape index (κ1) is 14.4. The van der Waals surface area contributed by atoms with Crippen LogP contribution in [-0.2, 0) is 17.8 Å². The van der Waals surface area contributed by atoms with E-state index in [-0.39, 0.29) is 11.9 Å². The number of carbonyl (C=O) groups is 1. The lowest BCUT2D eigenvalue weighted by Gasteiger charge is -2.14. The zero-order valence-electron chi connectivity index (χ0n) is 11.1. The van der Waals surface area contributed by atoms with Crippen molar-refractivity contribution in [3.8, 4) is 0 Å². The number of hydrogen-bond acceptors (Lipinski definition) is 3. The molecule has 1 unspecified atom stereocenters. The van der Waals surface area contributed by atoms with Gasteiger partial charge in [0.1, 0.15) is 0 Å². The molecule has 0 spiro atoms. The summed E-state index contributed by atoms with van der Waals surface area (Å²) in [5.74, 6) is -0.0242. The SMILES string of the molecule is C=CCNC(=O)C(C)NCc1ncccc1CC. The Bertz CT molecular complexity index is 404. The van der Waals surface area contributed by atoms with E-state index < -0.39 is 0 Å². The minimum absolute atomic E-state index is 0.0242. The standard InChI is InChI=1S/C14H21N3O/c1-4-8-16-14(18)11(3)17-10-13-12(5-2)7-6-9-15-13/h4,6-7,9,11,17H,1,5,8,10H2,2-3H3,(H,16,18). The molecular formula is C14H21N3O. The molecule has 0 aliphatic carbocycles. The van der Waals surface area contributed by atoms with Crippen molar-refractivity contribution in [2.75, 3.05) is 6.54 Å². The van der Waals surface area contributed by atoms with E-state index in [9.17, 15) is 4.79 Å². The molecule has 0 saturated heterocycles. The smallest absolute Gasteiger partial charge is 0.237 e. The minimum atomic E-state index is -0.239. The maximum Gasteiger partial charge on any atom is 0.237 e. The van der Waals surface area contributed by atoms with Crippen molar-refractivity contribution in [3.05, 3.63) is 42.2 Å². The molecule has 0 bridgehead atoms. The summed E-state index contributed by atoms with van der Waals surface area (Å²) >= 11 is 0. The number of rotatable bonds is 7. The lowest BCUT2D eigenvalue weighted by Crippen LogP contribution is -2.42. The van der Waals surface area contributed by atoms with E-state index in [0.717, 1.165) is 12.1 Å². The molecule has 1 rings (SSSR count). The van der Waals surface area contributed by atoms with Crippen LogP contribution in [0.5, 0.6) is 0 Å². The average Bonchev–Trinajstić information content (AvgIpc) is 2.42. The monoisotopic (exact) mass is 247 g/mol. The molecule has 98 valence electrons. The summed E-state index contributed by atoms with van der Waals surface area (Å²) in [5.41, 5.74) is 2.21. The number of nitrogens with zero attached hydrogens (tertiary/aromatic N) is 1. The van der Waals surface area contributed by atoms with Crippen LogP contribution in [0.3, 0.4) is 0 Å². The molecule has 0 aromatic carbocycles. The molecule has 2 N–H and O–H groups in total. The van der Waals surface area contributed by atoms with Gasteiger partial charge >= 0.3 is 0 Å². The van der Waals surface area contributed by atoms with Crippen molar-refractivity contribution in [2.45, 2.75) is 32.9 Å². The number of nitrogens with one attached hydrogen (secondary N) is 2. The van der Waals surface area contributed by atoms with Gasteiger partial charge in [-0.25, -0.2) is 0 Å². The lowest BCUT2D eigenvalue weighted by atomic mass is 10.1. The predicted molar refractivity (Wildman–Crippen MR) is 73.1 cm³/mol. The number of hydrogen-bond donors (Lipinski definition) is 2. The van der Waals surface area contributed by atoms with Crippen molar-refractivity contribution in [1.82, 2.24) is 15.6 Å². The van der Waals surface area contributed by atoms with Crippen LogP contribution in [0.25, 0.3) is 0 Å². The van der Waals surface area contributed by atoms with Gasteiger partial charge in [0.05, 0.1) is 11.7 Å². The van der Waals surface area contributed by atoms with Crippen LogP contribution in [0, 0.1) is 0 Å². The zero-order valence-corrected chi connectivity index (χ0v) is 11.1. The topological polar surface area (TPSA) is 54.0 Å². The molecule has 0 aliphatic rings. The number of aryl methyl sites for hydroxylation is 1. The van der Waals surface area contributed by atoms with Crippen LogP contribution in [0.15, 0.2) is 31.0 Å². The number of aromatic nitrogens is 1. The predicted octanol–water partition coefficient (Wildman–Crippen LogP) is 1.42. The van der Waals surface area contributed by atoms with E-state index in [1.165, 1.54) is 5.56 Å². The second kappa shape index (κ2) is 7.61. The Morgan fingerprint density at radius 2 is 2.39 bits per heavy atom. The maximum absolute atomic E-state index is 11.6. The van der Waals surface area contributed by atoms with E-state index in [2.05, 4.69) is 35.2 Å². The van der Waals surface area contributed by atoms with Gasteiger partial charge in [0.2, 0.25) is 5.91 Å². The van der Waals surface area contributed by atoms with Crippen LogP contribution in [-0.4, -0.2) is 23.5 Å². The zero-order chi connectivity index (χ0) is 13.4. The molecule has 1 aromatic rings. The van der Waals surface area contributed by atoms with Gasteiger partial charge in [-0.2, -0.15) is 0 Å². The molecule has 1 heterocycles. The van der Waals surface area contributed by atoms with Gasteiger partial charge < -0.3 is 10.6 Å². The highest BCUT2D eigenvalue weighted by Crippen LogP contribution is 2.05.